The second-order valence-corrected chi connectivity index (χ2v) is 4.16. The number of carboxylic acids is 1. The van der Waals surface area contributed by atoms with Gasteiger partial charge in [0.05, 0.1) is 5.69 Å². The SMILES string of the molecule is Cn1c(C2(C(=O)O)CCC2)cc(=O)n1C. The quantitative estimate of drug-likeness (QED) is 0.760. The van der Waals surface area contributed by atoms with E-state index in [9.17, 15) is 14.7 Å². The molecule has 1 aliphatic rings. The third-order valence-electron chi connectivity index (χ3n) is 3.48. The molecule has 5 nitrogen and oxygen atoms in total. The maximum Gasteiger partial charge on any atom is 0.315 e. The molecule has 0 radical (unpaired) electrons. The zero-order chi connectivity index (χ0) is 11.2. The molecule has 1 fully saturated rings. The Hall–Kier alpha value is -1.52. The standard InChI is InChI=1S/C10H14N2O3/c1-11-7(6-8(13)12(11)2)10(9(14)15)4-3-5-10/h6H,3-5H2,1-2H3,(H,14,15). The first-order valence-corrected chi connectivity index (χ1v) is 4.96. The molecule has 0 unspecified atom stereocenters. The van der Waals surface area contributed by atoms with Crippen LogP contribution >= 0.6 is 0 Å². The average Bonchev–Trinajstić information content (AvgIpc) is 2.32. The number of aromatic nitrogens is 2. The van der Waals surface area contributed by atoms with Crippen molar-refractivity contribution in [1.82, 2.24) is 9.36 Å². The minimum atomic E-state index is -0.824. The molecule has 0 bridgehead atoms. The fourth-order valence-corrected chi connectivity index (χ4v) is 2.17. The molecule has 15 heavy (non-hydrogen) atoms. The van der Waals surface area contributed by atoms with Crippen molar-refractivity contribution < 1.29 is 9.90 Å². The molecule has 0 atom stereocenters. The van der Waals surface area contributed by atoms with Gasteiger partial charge in [-0.05, 0) is 12.8 Å². The minimum Gasteiger partial charge on any atom is -0.481 e. The predicted octanol–water partition coefficient (Wildman–Crippen LogP) is 0.230. The summed E-state index contributed by atoms with van der Waals surface area (Å²) in [6.07, 6.45) is 2.16. The molecular weight excluding hydrogens is 196 g/mol. The zero-order valence-corrected chi connectivity index (χ0v) is 8.86. The van der Waals surface area contributed by atoms with E-state index in [1.807, 2.05) is 0 Å². The number of hydrogen-bond acceptors (Lipinski definition) is 2. The van der Waals surface area contributed by atoms with Gasteiger partial charge in [0.15, 0.2) is 0 Å². The average molecular weight is 210 g/mol. The summed E-state index contributed by atoms with van der Waals surface area (Å²) in [5.41, 5.74) is -0.358. The maximum atomic E-state index is 11.4. The van der Waals surface area contributed by atoms with Gasteiger partial charge in [-0.1, -0.05) is 6.42 Å². The van der Waals surface area contributed by atoms with E-state index < -0.39 is 11.4 Å². The third-order valence-corrected chi connectivity index (χ3v) is 3.48. The van der Waals surface area contributed by atoms with Crippen molar-refractivity contribution in [3.63, 3.8) is 0 Å². The first-order valence-electron chi connectivity index (χ1n) is 4.96. The van der Waals surface area contributed by atoms with Gasteiger partial charge in [0, 0.05) is 20.2 Å². The van der Waals surface area contributed by atoms with Crippen LogP contribution in [-0.2, 0) is 24.3 Å². The highest BCUT2D eigenvalue weighted by molar-refractivity contribution is 5.81. The Morgan fingerprint density at radius 3 is 2.27 bits per heavy atom. The molecule has 0 amide bonds. The van der Waals surface area contributed by atoms with E-state index in [-0.39, 0.29) is 5.56 Å². The molecule has 1 saturated carbocycles. The smallest absolute Gasteiger partial charge is 0.315 e. The van der Waals surface area contributed by atoms with E-state index in [0.29, 0.717) is 18.5 Å². The summed E-state index contributed by atoms with van der Waals surface area (Å²) >= 11 is 0. The summed E-state index contributed by atoms with van der Waals surface area (Å²) in [5.74, 6) is -0.824. The summed E-state index contributed by atoms with van der Waals surface area (Å²) in [6.45, 7) is 0. The normalized spacial score (nSPS) is 18.5. The number of rotatable bonds is 2. The Kier molecular flexibility index (Phi) is 1.99. The van der Waals surface area contributed by atoms with Gasteiger partial charge < -0.3 is 5.11 Å². The maximum absolute atomic E-state index is 11.4. The molecule has 1 aromatic rings. The van der Waals surface area contributed by atoms with Crippen LogP contribution in [0.2, 0.25) is 0 Å². The summed E-state index contributed by atoms with van der Waals surface area (Å²) in [7, 11) is 3.36. The van der Waals surface area contributed by atoms with Crippen molar-refractivity contribution in [3.8, 4) is 0 Å². The first-order chi connectivity index (χ1) is 6.99. The van der Waals surface area contributed by atoms with Crippen LogP contribution in [0.1, 0.15) is 25.0 Å². The second kappa shape index (κ2) is 2.98. The number of nitrogens with zero attached hydrogens (tertiary/aromatic N) is 2. The van der Waals surface area contributed by atoms with Gasteiger partial charge in [0.1, 0.15) is 5.41 Å². The fourth-order valence-electron chi connectivity index (χ4n) is 2.17. The van der Waals surface area contributed by atoms with Gasteiger partial charge in [-0.3, -0.25) is 19.0 Å². The van der Waals surface area contributed by atoms with E-state index in [4.69, 9.17) is 0 Å². The van der Waals surface area contributed by atoms with Crippen LogP contribution in [0.25, 0.3) is 0 Å². The zero-order valence-electron chi connectivity index (χ0n) is 8.86. The lowest BCUT2D eigenvalue weighted by Gasteiger charge is -2.37. The molecule has 1 aromatic heterocycles. The van der Waals surface area contributed by atoms with Crippen molar-refractivity contribution in [3.05, 3.63) is 22.1 Å². The van der Waals surface area contributed by atoms with Gasteiger partial charge in [0.2, 0.25) is 0 Å². The highest BCUT2D eigenvalue weighted by Gasteiger charge is 2.48. The van der Waals surface area contributed by atoms with Crippen LogP contribution in [0, 0.1) is 0 Å². The third kappa shape index (κ3) is 1.15. The molecule has 5 heteroatoms. The molecular formula is C10H14N2O3. The Morgan fingerprint density at radius 1 is 1.40 bits per heavy atom. The van der Waals surface area contributed by atoms with E-state index in [1.165, 1.54) is 10.7 Å². The number of hydrogen-bond donors (Lipinski definition) is 1. The Morgan fingerprint density at radius 2 is 2.00 bits per heavy atom. The molecule has 82 valence electrons. The van der Waals surface area contributed by atoms with E-state index in [2.05, 4.69) is 0 Å². The lowest BCUT2D eigenvalue weighted by molar-refractivity contribution is -0.147. The topological polar surface area (TPSA) is 64.2 Å². The number of carbonyl (C=O) groups is 1. The summed E-state index contributed by atoms with van der Waals surface area (Å²) in [5, 5.41) is 9.24. The van der Waals surface area contributed by atoms with Crippen molar-refractivity contribution >= 4 is 5.97 Å². The Bertz CT molecular complexity index is 466. The van der Waals surface area contributed by atoms with Gasteiger partial charge in [-0.25, -0.2) is 0 Å². The summed E-state index contributed by atoms with van der Waals surface area (Å²) < 4.78 is 3.06. The predicted molar refractivity (Wildman–Crippen MR) is 53.8 cm³/mol. The molecule has 0 aromatic carbocycles. The molecule has 1 N–H and O–H groups in total. The molecule has 0 saturated heterocycles. The second-order valence-electron chi connectivity index (χ2n) is 4.16. The summed E-state index contributed by atoms with van der Waals surface area (Å²) in [4.78, 5) is 22.7. The first kappa shape index (κ1) is 10.0. The van der Waals surface area contributed by atoms with Crippen LogP contribution in [0.5, 0.6) is 0 Å². The number of carboxylic acid groups (broad SMARTS) is 1. The largest absolute Gasteiger partial charge is 0.481 e. The number of aliphatic carboxylic acids is 1. The Labute approximate surface area is 86.9 Å². The highest BCUT2D eigenvalue weighted by Crippen LogP contribution is 2.43. The molecule has 0 spiro atoms. The van der Waals surface area contributed by atoms with E-state index in [0.717, 1.165) is 6.42 Å². The highest BCUT2D eigenvalue weighted by atomic mass is 16.4. The molecule has 1 heterocycles. The molecule has 0 aliphatic heterocycles. The van der Waals surface area contributed by atoms with Crippen LogP contribution in [0.15, 0.2) is 10.9 Å². The van der Waals surface area contributed by atoms with E-state index >= 15 is 0 Å². The van der Waals surface area contributed by atoms with Gasteiger partial charge >= 0.3 is 5.97 Å². The van der Waals surface area contributed by atoms with Crippen molar-refractivity contribution in [1.29, 1.82) is 0 Å². The molecule has 1 aliphatic carbocycles. The Balaban J connectivity index is 2.58. The van der Waals surface area contributed by atoms with Crippen LogP contribution in [0.3, 0.4) is 0 Å². The van der Waals surface area contributed by atoms with Gasteiger partial charge in [-0.2, -0.15) is 0 Å². The lowest BCUT2D eigenvalue weighted by atomic mass is 9.66. The van der Waals surface area contributed by atoms with Crippen LogP contribution < -0.4 is 5.56 Å². The van der Waals surface area contributed by atoms with Crippen molar-refractivity contribution in [2.24, 2.45) is 14.1 Å². The van der Waals surface area contributed by atoms with Crippen molar-refractivity contribution in [2.75, 3.05) is 0 Å². The van der Waals surface area contributed by atoms with Gasteiger partial charge in [-0.15, -0.1) is 0 Å². The van der Waals surface area contributed by atoms with Crippen molar-refractivity contribution in [2.45, 2.75) is 24.7 Å². The fraction of sp³-hybridized carbons (Fsp3) is 0.600. The lowest BCUT2D eigenvalue weighted by Crippen LogP contribution is -2.44. The molecule has 2 rings (SSSR count). The van der Waals surface area contributed by atoms with E-state index in [1.54, 1.807) is 18.8 Å². The minimum absolute atomic E-state index is 0.153. The van der Waals surface area contributed by atoms with Gasteiger partial charge in [0.25, 0.3) is 5.56 Å². The van der Waals surface area contributed by atoms with Crippen LogP contribution in [-0.4, -0.2) is 20.4 Å². The summed E-state index contributed by atoms with van der Waals surface area (Å²) in [6, 6.07) is 1.44. The monoisotopic (exact) mass is 210 g/mol. The van der Waals surface area contributed by atoms with Crippen LogP contribution in [0.4, 0.5) is 0 Å².